The Balaban J connectivity index is 1.84. The number of hydrogen-bond acceptors (Lipinski definition) is 5. The van der Waals surface area contributed by atoms with Gasteiger partial charge in [-0.15, -0.1) is 0 Å². The van der Waals surface area contributed by atoms with E-state index < -0.39 is 29.3 Å². The van der Waals surface area contributed by atoms with Crippen LogP contribution in [0.2, 0.25) is 0 Å². The number of carbonyl (C=O) groups is 1. The quantitative estimate of drug-likeness (QED) is 0.417. The molecule has 0 aliphatic carbocycles. The van der Waals surface area contributed by atoms with E-state index in [2.05, 4.69) is 10.1 Å². The number of halogens is 3. The van der Waals surface area contributed by atoms with Gasteiger partial charge >= 0.3 is 5.97 Å². The second kappa shape index (κ2) is 9.89. The van der Waals surface area contributed by atoms with Gasteiger partial charge in [-0.05, 0) is 74.2 Å². The zero-order valence-electron chi connectivity index (χ0n) is 20.6. The predicted octanol–water partition coefficient (Wildman–Crippen LogP) is 5.76. The molecule has 1 aliphatic rings. The van der Waals surface area contributed by atoms with Crippen LogP contribution >= 0.6 is 0 Å². The van der Waals surface area contributed by atoms with Gasteiger partial charge in [0.25, 0.3) is 5.89 Å². The highest BCUT2D eigenvalue weighted by atomic mass is 19.1. The van der Waals surface area contributed by atoms with Crippen molar-refractivity contribution in [3.05, 3.63) is 76.1 Å². The summed E-state index contributed by atoms with van der Waals surface area (Å²) in [5.74, 6) is -1.96. The molecular formula is C27H28F3N3O3. The summed E-state index contributed by atoms with van der Waals surface area (Å²) in [7, 11) is 0. The van der Waals surface area contributed by atoms with E-state index in [1.165, 1.54) is 13.8 Å². The van der Waals surface area contributed by atoms with Gasteiger partial charge in [-0.1, -0.05) is 18.1 Å². The molecule has 1 N–H and O–H groups in total. The molecule has 0 unspecified atom stereocenters. The summed E-state index contributed by atoms with van der Waals surface area (Å²) in [6.07, 6.45) is 3.09. The van der Waals surface area contributed by atoms with Gasteiger partial charge in [0.2, 0.25) is 0 Å². The Labute approximate surface area is 207 Å². The number of nitrogens with zero attached hydrogens (tertiary/aromatic N) is 3. The van der Waals surface area contributed by atoms with Crippen LogP contribution in [0.1, 0.15) is 61.8 Å². The minimum Gasteiger partial charge on any atom is -0.478 e. The third-order valence-electron chi connectivity index (χ3n) is 6.23. The zero-order chi connectivity index (χ0) is 26.2. The van der Waals surface area contributed by atoms with E-state index in [0.29, 0.717) is 35.7 Å². The second-order valence-electron chi connectivity index (χ2n) is 9.70. The molecule has 6 nitrogen and oxygen atoms in total. The molecule has 1 aliphatic heterocycles. The van der Waals surface area contributed by atoms with Crippen LogP contribution in [0.3, 0.4) is 0 Å². The summed E-state index contributed by atoms with van der Waals surface area (Å²) >= 11 is 0. The molecule has 9 heteroatoms. The van der Waals surface area contributed by atoms with Gasteiger partial charge in [0.15, 0.2) is 5.82 Å². The smallest absolute Gasteiger partial charge is 0.328 e. The van der Waals surface area contributed by atoms with Crippen molar-refractivity contribution in [2.75, 3.05) is 6.54 Å². The van der Waals surface area contributed by atoms with Crippen molar-refractivity contribution in [2.45, 2.75) is 58.3 Å². The Morgan fingerprint density at radius 2 is 1.94 bits per heavy atom. The summed E-state index contributed by atoms with van der Waals surface area (Å²) < 4.78 is 51.1. The number of rotatable bonds is 7. The maximum atomic E-state index is 15.5. The molecule has 0 amide bonds. The minimum atomic E-state index is -1.61. The van der Waals surface area contributed by atoms with E-state index in [-0.39, 0.29) is 23.7 Å². The highest BCUT2D eigenvalue weighted by molar-refractivity contribution is 5.85. The van der Waals surface area contributed by atoms with Crippen molar-refractivity contribution in [2.24, 2.45) is 0 Å². The average molecular weight is 500 g/mol. The third-order valence-corrected chi connectivity index (χ3v) is 6.23. The lowest BCUT2D eigenvalue weighted by Crippen LogP contribution is -2.48. The van der Waals surface area contributed by atoms with Crippen molar-refractivity contribution in [1.29, 1.82) is 0 Å². The maximum absolute atomic E-state index is 15.5. The van der Waals surface area contributed by atoms with Crippen molar-refractivity contribution < 1.29 is 27.6 Å². The van der Waals surface area contributed by atoms with Crippen molar-refractivity contribution >= 4 is 12.0 Å². The van der Waals surface area contributed by atoms with Crippen LogP contribution < -0.4 is 0 Å². The summed E-state index contributed by atoms with van der Waals surface area (Å²) in [4.78, 5) is 17.0. The van der Waals surface area contributed by atoms with Gasteiger partial charge < -0.3 is 9.63 Å². The van der Waals surface area contributed by atoms with E-state index in [0.717, 1.165) is 29.8 Å². The minimum absolute atomic E-state index is 0.0386. The first kappa shape index (κ1) is 25.6. The van der Waals surface area contributed by atoms with Crippen molar-refractivity contribution in [3.8, 4) is 11.5 Å². The number of benzene rings is 2. The fourth-order valence-electron chi connectivity index (χ4n) is 4.70. The lowest BCUT2D eigenvalue weighted by molar-refractivity contribution is -0.131. The molecule has 2 heterocycles. The molecule has 0 radical (unpaired) electrons. The van der Waals surface area contributed by atoms with Crippen LogP contribution in [0.25, 0.3) is 17.5 Å². The zero-order valence-corrected chi connectivity index (χ0v) is 20.6. The molecule has 3 aromatic rings. The number of carboxylic acid groups (broad SMARTS) is 1. The van der Waals surface area contributed by atoms with E-state index in [9.17, 15) is 9.18 Å². The van der Waals surface area contributed by atoms with Crippen LogP contribution in [0.5, 0.6) is 0 Å². The first-order valence-corrected chi connectivity index (χ1v) is 11.8. The van der Waals surface area contributed by atoms with E-state index in [1.807, 2.05) is 19.9 Å². The summed E-state index contributed by atoms with van der Waals surface area (Å²) in [5, 5.41) is 12.8. The third kappa shape index (κ3) is 5.36. The maximum Gasteiger partial charge on any atom is 0.328 e. The van der Waals surface area contributed by atoms with Crippen LogP contribution in [-0.4, -0.2) is 44.4 Å². The normalized spacial score (nSPS) is 18.5. The largest absolute Gasteiger partial charge is 0.478 e. The summed E-state index contributed by atoms with van der Waals surface area (Å²) in [5.41, 5.74) is 0.461. The van der Waals surface area contributed by atoms with Crippen LogP contribution in [-0.2, 0) is 17.6 Å². The van der Waals surface area contributed by atoms with E-state index in [1.54, 1.807) is 17.0 Å². The molecule has 4 rings (SSSR count). The number of aromatic nitrogens is 2. The molecule has 36 heavy (non-hydrogen) atoms. The van der Waals surface area contributed by atoms with Gasteiger partial charge in [-0.3, -0.25) is 4.90 Å². The first-order chi connectivity index (χ1) is 17.0. The number of alkyl halides is 1. The number of aryl methyl sites for hydroxylation is 1. The molecule has 1 aromatic heterocycles. The van der Waals surface area contributed by atoms with E-state index >= 15 is 8.78 Å². The molecule has 0 spiro atoms. The number of aliphatic carboxylic acids is 1. The number of carboxylic acids is 1. The lowest BCUT2D eigenvalue weighted by Gasteiger charge is -2.44. The van der Waals surface area contributed by atoms with Gasteiger partial charge in [0.05, 0.1) is 6.04 Å². The second-order valence-corrected chi connectivity index (χ2v) is 9.70. The van der Waals surface area contributed by atoms with E-state index in [4.69, 9.17) is 9.63 Å². The van der Waals surface area contributed by atoms with Gasteiger partial charge in [-0.2, -0.15) is 4.98 Å². The van der Waals surface area contributed by atoms with Crippen LogP contribution in [0.4, 0.5) is 13.2 Å². The number of fused-ring (bicyclic) bond motifs is 1. The van der Waals surface area contributed by atoms with Crippen molar-refractivity contribution in [1.82, 2.24) is 15.0 Å². The molecule has 0 saturated carbocycles. The fraction of sp³-hybridized carbons (Fsp3) is 0.370. The number of hydrogen-bond donors (Lipinski definition) is 1. The Morgan fingerprint density at radius 1 is 1.25 bits per heavy atom. The Hall–Kier alpha value is -3.46. The average Bonchev–Trinajstić information content (AvgIpc) is 3.27. The molecule has 0 fully saturated rings. The fourth-order valence-corrected chi connectivity index (χ4v) is 4.70. The molecule has 2 aromatic carbocycles. The molecule has 2 atom stereocenters. The standard InChI is InChI=1S/C27H28F3N3O3/c1-5-22-31-26(36-32-22)17-7-8-19-18(13-17)10-15(2)33(14-27(3,4)30)25(19)24-20(28)11-16(12-21(24)29)6-9-23(34)35/h6-9,11-13,15,25H,5,10,14H2,1-4H3,(H,34,35)/b9-6+/t15-,25+/m0/s1. The summed E-state index contributed by atoms with van der Waals surface area (Å²) in [6.45, 7) is 6.64. The monoisotopic (exact) mass is 499 g/mol. The Morgan fingerprint density at radius 3 is 2.53 bits per heavy atom. The lowest BCUT2D eigenvalue weighted by atomic mass is 9.83. The molecular weight excluding hydrogens is 471 g/mol. The topological polar surface area (TPSA) is 79.5 Å². The Kier molecular flexibility index (Phi) is 7.04. The molecule has 0 saturated heterocycles. The van der Waals surface area contributed by atoms with Gasteiger partial charge in [0, 0.05) is 36.2 Å². The van der Waals surface area contributed by atoms with Crippen molar-refractivity contribution in [3.63, 3.8) is 0 Å². The molecule has 190 valence electrons. The SMILES string of the molecule is CCc1noc(-c2ccc3c(c2)C[C@H](C)N(CC(C)(C)F)[C@H]3c2c(F)cc(/C=C/C(=O)O)cc2F)n1. The Bertz CT molecular complexity index is 1290. The van der Waals surface area contributed by atoms with Crippen LogP contribution in [0.15, 0.2) is 40.9 Å². The molecule has 0 bridgehead atoms. The first-order valence-electron chi connectivity index (χ1n) is 11.8. The highest BCUT2D eigenvalue weighted by Crippen LogP contribution is 2.42. The van der Waals surface area contributed by atoms with Gasteiger partial charge in [-0.25, -0.2) is 18.0 Å². The van der Waals surface area contributed by atoms with Gasteiger partial charge in [0.1, 0.15) is 17.3 Å². The van der Waals surface area contributed by atoms with Crippen LogP contribution in [0, 0.1) is 11.6 Å². The summed E-state index contributed by atoms with van der Waals surface area (Å²) in [6, 6.07) is 6.47. The highest BCUT2D eigenvalue weighted by Gasteiger charge is 2.39. The predicted molar refractivity (Wildman–Crippen MR) is 129 cm³/mol.